The summed E-state index contributed by atoms with van der Waals surface area (Å²) in [5, 5.41) is 9.23. The monoisotopic (exact) mass is 297 g/mol. The third-order valence-corrected chi connectivity index (χ3v) is 2.74. The summed E-state index contributed by atoms with van der Waals surface area (Å²) in [6.45, 7) is 0. The van der Waals surface area contributed by atoms with Crippen molar-refractivity contribution in [2.75, 3.05) is 19.4 Å². The van der Waals surface area contributed by atoms with E-state index in [9.17, 15) is 4.79 Å². The number of carbonyl (C=O) groups is 1. The Bertz CT molecular complexity index is 492. The van der Waals surface area contributed by atoms with Crippen molar-refractivity contribution in [3.8, 4) is 0 Å². The molecule has 1 rings (SSSR count). The fourth-order valence-electron chi connectivity index (χ4n) is 1.18. The lowest BCUT2D eigenvalue weighted by molar-refractivity contribution is 0.0944. The van der Waals surface area contributed by atoms with Crippen molar-refractivity contribution in [1.82, 2.24) is 21.5 Å². The number of carbonyl (C=O) groups excluding carboxylic acids is 1. The highest BCUT2D eigenvalue weighted by Crippen LogP contribution is 2.10. The van der Waals surface area contributed by atoms with Crippen LogP contribution < -0.4 is 26.8 Å². The predicted molar refractivity (Wildman–Crippen MR) is 84.0 cm³/mol. The number of amides is 1. The zero-order valence-corrected chi connectivity index (χ0v) is 12.2. The molecule has 0 aliphatic rings. The average molecular weight is 297 g/mol. The normalized spacial score (nSPS) is 9.16. The number of hydrazine groups is 1. The van der Waals surface area contributed by atoms with Crippen LogP contribution in [0.15, 0.2) is 24.3 Å². The summed E-state index contributed by atoms with van der Waals surface area (Å²) >= 11 is 9.83. The Morgan fingerprint density at radius 2 is 1.74 bits per heavy atom. The first kappa shape index (κ1) is 15.1. The van der Waals surface area contributed by atoms with E-state index in [1.807, 2.05) is 6.07 Å². The van der Waals surface area contributed by atoms with Gasteiger partial charge in [0.25, 0.3) is 5.91 Å². The van der Waals surface area contributed by atoms with Crippen LogP contribution in [0.2, 0.25) is 0 Å². The molecule has 1 amide bonds. The number of hydrogen-bond acceptors (Lipinski definition) is 3. The molecule has 0 spiro atoms. The van der Waals surface area contributed by atoms with Gasteiger partial charge in [-0.1, -0.05) is 6.07 Å². The van der Waals surface area contributed by atoms with Gasteiger partial charge in [-0.2, -0.15) is 0 Å². The fourth-order valence-corrected chi connectivity index (χ4v) is 1.35. The SMILES string of the molecule is CNC(=S)NNC(=O)c1cccc(NC(=S)NC)c1. The van der Waals surface area contributed by atoms with Crippen molar-refractivity contribution in [3.63, 3.8) is 0 Å². The van der Waals surface area contributed by atoms with E-state index in [1.54, 1.807) is 32.3 Å². The maximum atomic E-state index is 11.8. The van der Waals surface area contributed by atoms with Gasteiger partial charge < -0.3 is 16.0 Å². The molecule has 1 aromatic carbocycles. The van der Waals surface area contributed by atoms with Crippen molar-refractivity contribution in [2.24, 2.45) is 0 Å². The van der Waals surface area contributed by atoms with Gasteiger partial charge in [-0.05, 0) is 42.6 Å². The zero-order valence-electron chi connectivity index (χ0n) is 10.5. The minimum Gasteiger partial charge on any atom is -0.366 e. The number of benzene rings is 1. The van der Waals surface area contributed by atoms with E-state index in [1.165, 1.54) is 0 Å². The molecule has 1 aromatic rings. The Labute approximate surface area is 122 Å². The Kier molecular flexibility index (Phi) is 5.97. The Hall–Kier alpha value is -1.93. The van der Waals surface area contributed by atoms with E-state index in [4.69, 9.17) is 24.4 Å². The van der Waals surface area contributed by atoms with Gasteiger partial charge in [-0.3, -0.25) is 15.6 Å². The highest BCUT2D eigenvalue weighted by molar-refractivity contribution is 7.80. The highest BCUT2D eigenvalue weighted by Gasteiger charge is 2.06. The second kappa shape index (κ2) is 7.49. The Balaban J connectivity index is 2.67. The lowest BCUT2D eigenvalue weighted by atomic mass is 10.2. The third-order valence-electron chi connectivity index (χ3n) is 2.13. The van der Waals surface area contributed by atoms with Gasteiger partial charge in [-0.15, -0.1) is 0 Å². The van der Waals surface area contributed by atoms with E-state index >= 15 is 0 Å². The summed E-state index contributed by atoms with van der Waals surface area (Å²) in [5.74, 6) is -0.295. The molecule has 8 heteroatoms. The van der Waals surface area contributed by atoms with E-state index in [-0.39, 0.29) is 5.91 Å². The molecule has 19 heavy (non-hydrogen) atoms. The van der Waals surface area contributed by atoms with E-state index in [0.717, 1.165) is 5.69 Å². The van der Waals surface area contributed by atoms with Crippen LogP contribution >= 0.6 is 24.4 Å². The smallest absolute Gasteiger partial charge is 0.269 e. The average Bonchev–Trinajstić information content (AvgIpc) is 2.44. The molecule has 6 nitrogen and oxygen atoms in total. The summed E-state index contributed by atoms with van der Waals surface area (Å²) in [6.07, 6.45) is 0. The summed E-state index contributed by atoms with van der Waals surface area (Å²) in [6, 6.07) is 6.94. The quantitative estimate of drug-likeness (QED) is 0.398. The van der Waals surface area contributed by atoms with E-state index in [0.29, 0.717) is 15.8 Å². The van der Waals surface area contributed by atoms with Crippen LogP contribution in [0, 0.1) is 0 Å². The van der Waals surface area contributed by atoms with Gasteiger partial charge in [0.1, 0.15) is 0 Å². The van der Waals surface area contributed by atoms with Crippen molar-refractivity contribution in [2.45, 2.75) is 0 Å². The summed E-state index contributed by atoms with van der Waals surface area (Å²) in [5.41, 5.74) is 6.25. The van der Waals surface area contributed by atoms with Crippen LogP contribution in [0.4, 0.5) is 5.69 Å². The molecule has 0 saturated heterocycles. The molecule has 0 heterocycles. The predicted octanol–water partition coefficient (Wildman–Crippen LogP) is 0.341. The first-order chi connectivity index (χ1) is 9.06. The molecule has 0 aromatic heterocycles. The number of anilines is 1. The van der Waals surface area contributed by atoms with Gasteiger partial charge in [0.2, 0.25) is 0 Å². The van der Waals surface area contributed by atoms with Gasteiger partial charge in [0, 0.05) is 25.3 Å². The second-order valence-corrected chi connectivity index (χ2v) is 4.26. The van der Waals surface area contributed by atoms with Crippen molar-refractivity contribution < 1.29 is 4.79 Å². The maximum absolute atomic E-state index is 11.8. The molecule has 0 atom stereocenters. The fraction of sp³-hybridized carbons (Fsp3) is 0.182. The number of nitrogens with one attached hydrogen (secondary N) is 5. The minimum atomic E-state index is -0.295. The van der Waals surface area contributed by atoms with Crippen LogP contribution in [-0.2, 0) is 0 Å². The molecule has 0 radical (unpaired) electrons. The van der Waals surface area contributed by atoms with E-state index < -0.39 is 0 Å². The molecular weight excluding hydrogens is 282 g/mol. The van der Waals surface area contributed by atoms with Gasteiger partial charge in [-0.25, -0.2) is 0 Å². The van der Waals surface area contributed by atoms with Crippen molar-refractivity contribution in [1.29, 1.82) is 0 Å². The number of thiocarbonyl (C=S) groups is 2. The molecule has 0 saturated carbocycles. The molecule has 5 N–H and O–H groups in total. The first-order valence-corrected chi connectivity index (χ1v) is 6.25. The van der Waals surface area contributed by atoms with Crippen LogP contribution in [0.5, 0.6) is 0 Å². The standard InChI is InChI=1S/C11H15N5OS2/c1-12-10(18)14-8-5-3-4-7(6-8)9(17)15-16-11(19)13-2/h3-6H,1-2H3,(H,15,17)(H2,12,14,18)(H2,13,16,19). The van der Waals surface area contributed by atoms with Crippen LogP contribution in [-0.4, -0.2) is 30.2 Å². The molecule has 0 unspecified atom stereocenters. The summed E-state index contributed by atoms with van der Waals surface area (Å²) in [7, 11) is 3.37. The molecule has 0 aliphatic heterocycles. The summed E-state index contributed by atoms with van der Waals surface area (Å²) < 4.78 is 0. The summed E-state index contributed by atoms with van der Waals surface area (Å²) in [4.78, 5) is 11.8. The van der Waals surface area contributed by atoms with E-state index in [2.05, 4.69) is 26.8 Å². The van der Waals surface area contributed by atoms with Crippen LogP contribution in [0.3, 0.4) is 0 Å². The minimum absolute atomic E-state index is 0.295. The molecule has 0 fully saturated rings. The topological polar surface area (TPSA) is 77.2 Å². The van der Waals surface area contributed by atoms with Crippen molar-refractivity contribution >= 4 is 46.3 Å². The lowest BCUT2D eigenvalue weighted by Crippen LogP contribution is -2.45. The molecule has 0 bridgehead atoms. The third kappa shape index (κ3) is 5.06. The van der Waals surface area contributed by atoms with Gasteiger partial charge in [0.15, 0.2) is 10.2 Å². The van der Waals surface area contributed by atoms with Crippen LogP contribution in [0.1, 0.15) is 10.4 Å². The van der Waals surface area contributed by atoms with Gasteiger partial charge >= 0.3 is 0 Å². The molecule has 102 valence electrons. The Morgan fingerprint density at radius 3 is 2.37 bits per heavy atom. The lowest BCUT2D eigenvalue weighted by Gasteiger charge is -2.10. The van der Waals surface area contributed by atoms with Gasteiger partial charge in [0.05, 0.1) is 0 Å². The number of rotatable bonds is 2. The first-order valence-electron chi connectivity index (χ1n) is 5.43. The molecular formula is C11H15N5OS2. The maximum Gasteiger partial charge on any atom is 0.269 e. The largest absolute Gasteiger partial charge is 0.366 e. The number of hydrogen-bond donors (Lipinski definition) is 5. The molecule has 0 aliphatic carbocycles. The highest BCUT2D eigenvalue weighted by atomic mass is 32.1. The van der Waals surface area contributed by atoms with Crippen molar-refractivity contribution in [3.05, 3.63) is 29.8 Å². The second-order valence-electron chi connectivity index (χ2n) is 3.44. The van der Waals surface area contributed by atoms with Crippen LogP contribution in [0.25, 0.3) is 0 Å². The Morgan fingerprint density at radius 1 is 1.05 bits per heavy atom. The zero-order chi connectivity index (χ0) is 14.3.